The maximum atomic E-state index is 11.7. The van der Waals surface area contributed by atoms with Crippen molar-refractivity contribution in [2.75, 3.05) is 13.7 Å². The fraction of sp³-hybridized carbons (Fsp3) is 0.462. The molecule has 1 aromatic carbocycles. The van der Waals surface area contributed by atoms with E-state index in [4.69, 9.17) is 10.5 Å². The van der Waals surface area contributed by atoms with Gasteiger partial charge in [0.2, 0.25) is 5.91 Å². The van der Waals surface area contributed by atoms with Crippen molar-refractivity contribution in [2.24, 2.45) is 5.73 Å². The molecule has 1 aliphatic carbocycles. The summed E-state index contributed by atoms with van der Waals surface area (Å²) in [4.78, 5) is 13.6. The zero-order valence-corrected chi connectivity index (χ0v) is 10.1. The molecule has 0 unspecified atom stereocenters. The number of carbonyl (C=O) groups is 1. The topological polar surface area (TPSA) is 55.6 Å². The van der Waals surface area contributed by atoms with Crippen molar-refractivity contribution in [1.82, 2.24) is 4.90 Å². The number of nitrogens with zero attached hydrogens (tertiary/aromatic N) is 1. The highest BCUT2D eigenvalue weighted by molar-refractivity contribution is 5.78. The van der Waals surface area contributed by atoms with E-state index >= 15 is 0 Å². The van der Waals surface area contributed by atoms with Gasteiger partial charge in [0.1, 0.15) is 5.75 Å². The number of nitrogens with two attached hydrogens (primary N) is 1. The Bertz CT molecular complexity index is 402. The van der Waals surface area contributed by atoms with E-state index in [2.05, 4.69) is 0 Å². The van der Waals surface area contributed by atoms with E-state index in [1.807, 2.05) is 29.2 Å². The first-order chi connectivity index (χ1) is 8.24. The number of amides is 1. The minimum Gasteiger partial charge on any atom is -0.497 e. The Morgan fingerprint density at radius 3 is 2.88 bits per heavy atom. The molecule has 1 aliphatic rings. The van der Waals surface area contributed by atoms with Crippen LogP contribution >= 0.6 is 0 Å². The normalized spacial score (nSPS) is 14.5. The summed E-state index contributed by atoms with van der Waals surface area (Å²) in [6.07, 6.45) is 2.19. The maximum Gasteiger partial charge on any atom is 0.236 e. The molecule has 0 aliphatic heterocycles. The molecular weight excluding hydrogens is 216 g/mol. The predicted octanol–water partition coefficient (Wildman–Crippen LogP) is 1.14. The lowest BCUT2D eigenvalue weighted by molar-refractivity contribution is -0.130. The molecule has 92 valence electrons. The first-order valence-electron chi connectivity index (χ1n) is 5.87. The van der Waals surface area contributed by atoms with Crippen LogP contribution in [0.5, 0.6) is 5.75 Å². The van der Waals surface area contributed by atoms with Crippen molar-refractivity contribution >= 4 is 5.91 Å². The third-order valence-electron chi connectivity index (χ3n) is 2.97. The Morgan fingerprint density at radius 2 is 2.29 bits per heavy atom. The van der Waals surface area contributed by atoms with Crippen LogP contribution in [0, 0.1) is 0 Å². The van der Waals surface area contributed by atoms with Gasteiger partial charge >= 0.3 is 0 Å². The lowest BCUT2D eigenvalue weighted by Crippen LogP contribution is -2.37. The van der Waals surface area contributed by atoms with Crippen molar-refractivity contribution < 1.29 is 9.53 Å². The van der Waals surface area contributed by atoms with Gasteiger partial charge in [0.25, 0.3) is 0 Å². The smallest absolute Gasteiger partial charge is 0.236 e. The van der Waals surface area contributed by atoms with Crippen LogP contribution in [0.2, 0.25) is 0 Å². The van der Waals surface area contributed by atoms with E-state index in [0.29, 0.717) is 12.6 Å². The summed E-state index contributed by atoms with van der Waals surface area (Å²) in [5.74, 6) is 0.841. The van der Waals surface area contributed by atoms with Crippen LogP contribution in [-0.2, 0) is 11.3 Å². The van der Waals surface area contributed by atoms with Crippen LogP contribution in [0.4, 0.5) is 0 Å². The highest BCUT2D eigenvalue weighted by Gasteiger charge is 2.31. The molecule has 0 bridgehead atoms. The number of hydrogen-bond donors (Lipinski definition) is 1. The molecule has 1 fully saturated rings. The van der Waals surface area contributed by atoms with Gasteiger partial charge in [-0.1, -0.05) is 12.1 Å². The van der Waals surface area contributed by atoms with Gasteiger partial charge in [-0.2, -0.15) is 0 Å². The Labute approximate surface area is 101 Å². The third kappa shape index (κ3) is 2.97. The highest BCUT2D eigenvalue weighted by atomic mass is 16.5. The Morgan fingerprint density at radius 1 is 1.53 bits per heavy atom. The molecule has 0 saturated heterocycles. The summed E-state index contributed by atoms with van der Waals surface area (Å²) in [6, 6.07) is 8.18. The largest absolute Gasteiger partial charge is 0.497 e. The van der Waals surface area contributed by atoms with Gasteiger partial charge in [0, 0.05) is 12.6 Å². The number of carbonyl (C=O) groups excluding carboxylic acids is 1. The lowest BCUT2D eigenvalue weighted by atomic mass is 10.2. The van der Waals surface area contributed by atoms with Crippen molar-refractivity contribution in [3.63, 3.8) is 0 Å². The van der Waals surface area contributed by atoms with Crippen LogP contribution in [0.3, 0.4) is 0 Å². The summed E-state index contributed by atoms with van der Waals surface area (Å²) >= 11 is 0. The molecule has 0 spiro atoms. The monoisotopic (exact) mass is 234 g/mol. The van der Waals surface area contributed by atoms with Crippen LogP contribution in [0.15, 0.2) is 24.3 Å². The molecule has 2 rings (SSSR count). The van der Waals surface area contributed by atoms with Crippen molar-refractivity contribution in [3.05, 3.63) is 29.8 Å². The second-order valence-corrected chi connectivity index (χ2v) is 4.31. The summed E-state index contributed by atoms with van der Waals surface area (Å²) in [6.45, 7) is 0.707. The fourth-order valence-electron chi connectivity index (χ4n) is 1.89. The average Bonchev–Trinajstić information content (AvgIpc) is 3.19. The van der Waals surface area contributed by atoms with Crippen molar-refractivity contribution in [3.8, 4) is 5.75 Å². The van der Waals surface area contributed by atoms with Crippen molar-refractivity contribution in [2.45, 2.75) is 25.4 Å². The Kier molecular flexibility index (Phi) is 3.64. The predicted molar refractivity (Wildman–Crippen MR) is 65.6 cm³/mol. The molecule has 4 heteroatoms. The highest BCUT2D eigenvalue weighted by Crippen LogP contribution is 2.28. The van der Waals surface area contributed by atoms with Crippen LogP contribution in [0.25, 0.3) is 0 Å². The van der Waals surface area contributed by atoms with Gasteiger partial charge in [0.15, 0.2) is 0 Å². The SMILES string of the molecule is COc1cccc(CN(C(=O)CN)C2CC2)c1. The van der Waals surface area contributed by atoms with Crippen LogP contribution in [-0.4, -0.2) is 30.5 Å². The first kappa shape index (κ1) is 11.9. The lowest BCUT2D eigenvalue weighted by Gasteiger charge is -2.22. The van der Waals surface area contributed by atoms with E-state index in [-0.39, 0.29) is 12.5 Å². The first-order valence-corrected chi connectivity index (χ1v) is 5.87. The van der Waals surface area contributed by atoms with Gasteiger partial charge in [-0.15, -0.1) is 0 Å². The molecule has 2 N–H and O–H groups in total. The second kappa shape index (κ2) is 5.19. The molecule has 0 heterocycles. The molecule has 1 saturated carbocycles. The van der Waals surface area contributed by atoms with Gasteiger partial charge < -0.3 is 15.4 Å². The van der Waals surface area contributed by atoms with E-state index in [9.17, 15) is 4.79 Å². The standard InChI is InChI=1S/C13H18N2O2/c1-17-12-4-2-3-10(7-12)9-15(11-5-6-11)13(16)8-14/h2-4,7,11H,5-6,8-9,14H2,1H3. The number of methoxy groups -OCH3 is 1. The zero-order chi connectivity index (χ0) is 12.3. The molecule has 17 heavy (non-hydrogen) atoms. The molecule has 0 radical (unpaired) electrons. The minimum atomic E-state index is 0.0234. The molecule has 1 amide bonds. The number of ether oxygens (including phenoxy) is 1. The van der Waals surface area contributed by atoms with E-state index in [1.54, 1.807) is 7.11 Å². The van der Waals surface area contributed by atoms with Crippen LogP contribution < -0.4 is 10.5 Å². The quantitative estimate of drug-likeness (QED) is 0.831. The van der Waals surface area contributed by atoms with Crippen LogP contribution in [0.1, 0.15) is 18.4 Å². The molecular formula is C13H18N2O2. The molecule has 1 aromatic rings. The number of hydrogen-bond acceptors (Lipinski definition) is 3. The number of rotatable bonds is 5. The summed E-state index contributed by atoms with van der Waals surface area (Å²) in [5, 5.41) is 0. The van der Waals surface area contributed by atoms with E-state index in [1.165, 1.54) is 0 Å². The van der Waals surface area contributed by atoms with Crippen molar-refractivity contribution in [1.29, 1.82) is 0 Å². The van der Waals surface area contributed by atoms with E-state index in [0.717, 1.165) is 24.2 Å². The molecule has 0 aromatic heterocycles. The van der Waals surface area contributed by atoms with Gasteiger partial charge in [-0.25, -0.2) is 0 Å². The molecule has 4 nitrogen and oxygen atoms in total. The second-order valence-electron chi connectivity index (χ2n) is 4.31. The number of benzene rings is 1. The van der Waals surface area contributed by atoms with Gasteiger partial charge in [-0.05, 0) is 30.5 Å². The third-order valence-corrected chi connectivity index (χ3v) is 2.97. The fourth-order valence-corrected chi connectivity index (χ4v) is 1.89. The maximum absolute atomic E-state index is 11.7. The summed E-state index contributed by atoms with van der Waals surface area (Å²) in [7, 11) is 1.64. The average molecular weight is 234 g/mol. The summed E-state index contributed by atoms with van der Waals surface area (Å²) < 4.78 is 5.17. The summed E-state index contributed by atoms with van der Waals surface area (Å²) in [5.41, 5.74) is 6.51. The Balaban J connectivity index is 2.08. The minimum absolute atomic E-state index is 0.0234. The Hall–Kier alpha value is -1.55. The zero-order valence-electron chi connectivity index (χ0n) is 10.1. The molecule has 0 atom stereocenters. The van der Waals surface area contributed by atoms with E-state index < -0.39 is 0 Å². The van der Waals surface area contributed by atoms with Gasteiger partial charge in [-0.3, -0.25) is 4.79 Å². The van der Waals surface area contributed by atoms with Gasteiger partial charge in [0.05, 0.1) is 13.7 Å².